The lowest BCUT2D eigenvalue weighted by atomic mass is 10.4. The summed E-state index contributed by atoms with van der Waals surface area (Å²) in [5.41, 5.74) is 0. The van der Waals surface area contributed by atoms with E-state index in [2.05, 4.69) is 16.0 Å². The molecule has 0 rings (SSSR count). The molecule has 0 aliphatic carbocycles. The molecule has 0 aromatic carbocycles. The zero-order valence-electron chi connectivity index (χ0n) is 9.02. The van der Waals surface area contributed by atoms with Crippen molar-refractivity contribution in [1.82, 2.24) is 16.0 Å². The van der Waals surface area contributed by atoms with E-state index in [-0.39, 0.29) is 30.9 Å². The normalized spacial score (nSPS) is 10.0. The van der Waals surface area contributed by atoms with Crippen molar-refractivity contribution in [3.05, 3.63) is 0 Å². The summed E-state index contributed by atoms with van der Waals surface area (Å²) in [6.07, 6.45) is 0. The monoisotopic (exact) mass is 201 g/mol. The predicted octanol–water partition coefficient (Wildman–Crippen LogP) is -0.763. The smallest absolute Gasteiger partial charge is 0.239 e. The van der Waals surface area contributed by atoms with Crippen LogP contribution in [0.4, 0.5) is 0 Å². The van der Waals surface area contributed by atoms with Crippen LogP contribution in [0.2, 0.25) is 0 Å². The summed E-state index contributed by atoms with van der Waals surface area (Å²) in [6.45, 7) is 6.70. The molecule has 82 valence electrons. The second-order valence-corrected chi connectivity index (χ2v) is 3.28. The average Bonchev–Trinajstić information content (AvgIpc) is 2.10. The molecule has 0 aliphatic heterocycles. The molecule has 0 aromatic heterocycles. The molecule has 5 heteroatoms. The van der Waals surface area contributed by atoms with Crippen molar-refractivity contribution < 1.29 is 9.59 Å². The van der Waals surface area contributed by atoms with Gasteiger partial charge in [-0.2, -0.15) is 0 Å². The van der Waals surface area contributed by atoms with Crippen LogP contribution < -0.4 is 16.0 Å². The highest BCUT2D eigenvalue weighted by molar-refractivity contribution is 5.85. The molecule has 0 spiro atoms. The summed E-state index contributed by atoms with van der Waals surface area (Å²) in [6, 6.07) is 0.105. The Morgan fingerprint density at radius 2 is 1.79 bits per heavy atom. The molecule has 14 heavy (non-hydrogen) atoms. The molecule has 0 radical (unpaired) electrons. The lowest BCUT2D eigenvalue weighted by molar-refractivity contribution is -0.125. The van der Waals surface area contributed by atoms with Crippen molar-refractivity contribution in [2.24, 2.45) is 0 Å². The highest BCUT2D eigenvalue weighted by Crippen LogP contribution is 1.75. The summed E-state index contributed by atoms with van der Waals surface area (Å²) in [5.74, 6) is -0.324. The summed E-state index contributed by atoms with van der Waals surface area (Å²) in [5, 5.41) is 8.06. The van der Waals surface area contributed by atoms with Crippen LogP contribution in [0.3, 0.4) is 0 Å². The number of carbonyl (C=O) groups excluding carboxylic acids is 2. The van der Waals surface area contributed by atoms with E-state index < -0.39 is 0 Å². The van der Waals surface area contributed by atoms with E-state index in [1.165, 1.54) is 0 Å². The first-order chi connectivity index (χ1) is 6.56. The maximum atomic E-state index is 11.1. The first-order valence-electron chi connectivity index (χ1n) is 4.83. The molecule has 0 saturated carbocycles. The number of likely N-dealkylation sites (N-methyl/N-ethyl adjacent to an activating group) is 1. The van der Waals surface area contributed by atoms with E-state index in [1.807, 2.05) is 20.8 Å². The van der Waals surface area contributed by atoms with Gasteiger partial charge in [0, 0.05) is 6.04 Å². The first kappa shape index (κ1) is 12.9. The number of amides is 2. The van der Waals surface area contributed by atoms with E-state index >= 15 is 0 Å². The Hall–Kier alpha value is -1.10. The van der Waals surface area contributed by atoms with E-state index in [9.17, 15) is 9.59 Å². The molecule has 0 bridgehead atoms. The maximum Gasteiger partial charge on any atom is 0.239 e. The number of rotatable bonds is 6. The van der Waals surface area contributed by atoms with Crippen LogP contribution in [0.5, 0.6) is 0 Å². The van der Waals surface area contributed by atoms with Crippen molar-refractivity contribution in [2.75, 3.05) is 19.6 Å². The third kappa shape index (κ3) is 7.54. The molecule has 2 amide bonds. The van der Waals surface area contributed by atoms with E-state index in [1.54, 1.807) is 0 Å². The summed E-state index contributed by atoms with van der Waals surface area (Å²) >= 11 is 0. The molecule has 5 nitrogen and oxygen atoms in total. The molecular formula is C9H19N3O2. The minimum absolute atomic E-state index is 0.0441. The van der Waals surface area contributed by atoms with Gasteiger partial charge in [0.1, 0.15) is 0 Å². The number of hydrogen-bond donors (Lipinski definition) is 3. The maximum absolute atomic E-state index is 11.1. The second kappa shape index (κ2) is 7.32. The minimum Gasteiger partial charge on any atom is -0.352 e. The molecule has 0 atom stereocenters. The van der Waals surface area contributed by atoms with Crippen LogP contribution in [0.1, 0.15) is 20.8 Å². The van der Waals surface area contributed by atoms with Crippen molar-refractivity contribution >= 4 is 11.8 Å². The van der Waals surface area contributed by atoms with Gasteiger partial charge in [0.15, 0.2) is 0 Å². The van der Waals surface area contributed by atoms with Gasteiger partial charge in [-0.1, -0.05) is 6.92 Å². The lowest BCUT2D eigenvalue weighted by Crippen LogP contribution is -2.42. The lowest BCUT2D eigenvalue weighted by Gasteiger charge is -2.09. The SMILES string of the molecule is CCNCC(=O)NCC(=O)NC(C)C. The van der Waals surface area contributed by atoms with E-state index in [0.717, 1.165) is 6.54 Å². The first-order valence-corrected chi connectivity index (χ1v) is 4.83. The van der Waals surface area contributed by atoms with Crippen LogP contribution >= 0.6 is 0 Å². The Bertz CT molecular complexity index is 192. The van der Waals surface area contributed by atoms with Crippen LogP contribution in [0.25, 0.3) is 0 Å². The zero-order valence-corrected chi connectivity index (χ0v) is 9.02. The van der Waals surface area contributed by atoms with Crippen molar-refractivity contribution in [1.29, 1.82) is 0 Å². The van der Waals surface area contributed by atoms with Crippen molar-refractivity contribution in [3.8, 4) is 0 Å². The predicted molar refractivity (Wildman–Crippen MR) is 54.8 cm³/mol. The minimum atomic E-state index is -0.162. The molecule has 0 aromatic rings. The Labute approximate surface area is 84.6 Å². The van der Waals surface area contributed by atoms with Gasteiger partial charge in [0.25, 0.3) is 0 Å². The Balaban J connectivity index is 3.51. The summed E-state index contributed by atoms with van der Waals surface area (Å²) in [4.78, 5) is 22.1. The molecular weight excluding hydrogens is 182 g/mol. The van der Waals surface area contributed by atoms with Crippen LogP contribution in [-0.4, -0.2) is 37.5 Å². The third-order valence-corrected chi connectivity index (χ3v) is 1.43. The number of nitrogens with one attached hydrogen (secondary N) is 3. The van der Waals surface area contributed by atoms with Crippen molar-refractivity contribution in [2.45, 2.75) is 26.8 Å². The van der Waals surface area contributed by atoms with Gasteiger partial charge in [0.2, 0.25) is 11.8 Å². The second-order valence-electron chi connectivity index (χ2n) is 3.28. The van der Waals surface area contributed by atoms with Gasteiger partial charge < -0.3 is 16.0 Å². The van der Waals surface area contributed by atoms with Crippen LogP contribution in [0, 0.1) is 0 Å². The number of hydrogen-bond acceptors (Lipinski definition) is 3. The highest BCUT2D eigenvalue weighted by atomic mass is 16.2. The fourth-order valence-corrected chi connectivity index (χ4v) is 0.853. The molecule has 0 fully saturated rings. The van der Waals surface area contributed by atoms with E-state index in [0.29, 0.717) is 0 Å². The standard InChI is InChI=1S/C9H19N3O2/c1-4-10-5-8(13)11-6-9(14)12-7(2)3/h7,10H,4-6H2,1-3H3,(H,11,13)(H,12,14). The Kier molecular flexibility index (Phi) is 6.74. The molecule has 0 heterocycles. The summed E-state index contributed by atoms with van der Waals surface area (Å²) < 4.78 is 0. The van der Waals surface area contributed by atoms with Gasteiger partial charge >= 0.3 is 0 Å². The van der Waals surface area contributed by atoms with Crippen LogP contribution in [0.15, 0.2) is 0 Å². The molecule has 0 unspecified atom stereocenters. The van der Waals surface area contributed by atoms with Gasteiger partial charge in [-0.3, -0.25) is 9.59 Å². The van der Waals surface area contributed by atoms with Crippen molar-refractivity contribution in [3.63, 3.8) is 0 Å². The topological polar surface area (TPSA) is 70.2 Å². The molecule has 3 N–H and O–H groups in total. The van der Waals surface area contributed by atoms with E-state index in [4.69, 9.17) is 0 Å². The molecule has 0 saturated heterocycles. The Morgan fingerprint density at radius 3 is 2.29 bits per heavy atom. The fourth-order valence-electron chi connectivity index (χ4n) is 0.853. The Morgan fingerprint density at radius 1 is 1.14 bits per heavy atom. The largest absolute Gasteiger partial charge is 0.352 e. The van der Waals surface area contributed by atoms with Gasteiger partial charge in [-0.25, -0.2) is 0 Å². The summed E-state index contributed by atoms with van der Waals surface area (Å²) in [7, 11) is 0. The van der Waals surface area contributed by atoms with Gasteiger partial charge in [-0.15, -0.1) is 0 Å². The molecule has 0 aliphatic rings. The number of carbonyl (C=O) groups is 2. The third-order valence-electron chi connectivity index (χ3n) is 1.43. The fraction of sp³-hybridized carbons (Fsp3) is 0.778. The van der Waals surface area contributed by atoms with Gasteiger partial charge in [0.05, 0.1) is 13.1 Å². The highest BCUT2D eigenvalue weighted by Gasteiger charge is 2.05. The van der Waals surface area contributed by atoms with Crippen LogP contribution in [-0.2, 0) is 9.59 Å². The average molecular weight is 201 g/mol. The quantitative estimate of drug-likeness (QED) is 0.529. The zero-order chi connectivity index (χ0) is 11.0. The van der Waals surface area contributed by atoms with Gasteiger partial charge in [-0.05, 0) is 20.4 Å².